The molecule has 0 bridgehead atoms. The zero-order valence-corrected chi connectivity index (χ0v) is 14.3. The van der Waals surface area contributed by atoms with Crippen molar-refractivity contribution in [1.29, 1.82) is 0 Å². The summed E-state index contributed by atoms with van der Waals surface area (Å²) in [5, 5.41) is 6.36. The van der Waals surface area contributed by atoms with Crippen LogP contribution >= 0.6 is 0 Å². The lowest BCUT2D eigenvalue weighted by Crippen LogP contribution is -2.49. The standard InChI is InChI=1S/C18H30N2O/c1-7-8-15-9-11-16(12-10-15)13(2)19-14(3)17(21)20-18(4,5)6/h9-14,19H,7-8H2,1-6H3,(H,20,21). The van der Waals surface area contributed by atoms with Crippen LogP contribution in [0.1, 0.15) is 65.1 Å². The quantitative estimate of drug-likeness (QED) is 0.840. The van der Waals surface area contributed by atoms with Gasteiger partial charge in [0.25, 0.3) is 0 Å². The number of aryl methyl sites for hydroxylation is 1. The molecule has 1 aromatic carbocycles. The summed E-state index contributed by atoms with van der Waals surface area (Å²) in [6, 6.07) is 8.60. The van der Waals surface area contributed by atoms with Crippen LogP contribution in [0.3, 0.4) is 0 Å². The van der Waals surface area contributed by atoms with Gasteiger partial charge in [0.05, 0.1) is 6.04 Å². The van der Waals surface area contributed by atoms with Crippen molar-refractivity contribution in [1.82, 2.24) is 10.6 Å². The molecule has 0 spiro atoms. The summed E-state index contributed by atoms with van der Waals surface area (Å²) < 4.78 is 0. The van der Waals surface area contributed by atoms with Gasteiger partial charge in [-0.3, -0.25) is 10.1 Å². The summed E-state index contributed by atoms with van der Waals surface area (Å²) >= 11 is 0. The first-order valence-electron chi connectivity index (χ1n) is 7.90. The van der Waals surface area contributed by atoms with E-state index in [0.29, 0.717) is 0 Å². The maximum absolute atomic E-state index is 12.1. The van der Waals surface area contributed by atoms with Crippen LogP contribution in [-0.2, 0) is 11.2 Å². The van der Waals surface area contributed by atoms with E-state index in [9.17, 15) is 4.79 Å². The fraction of sp³-hybridized carbons (Fsp3) is 0.611. The van der Waals surface area contributed by atoms with E-state index in [2.05, 4.69) is 48.7 Å². The third kappa shape index (κ3) is 6.30. The van der Waals surface area contributed by atoms with Gasteiger partial charge in [-0.05, 0) is 52.2 Å². The highest BCUT2D eigenvalue weighted by atomic mass is 16.2. The Morgan fingerprint density at radius 2 is 1.71 bits per heavy atom. The molecule has 3 heteroatoms. The van der Waals surface area contributed by atoms with Gasteiger partial charge in [0.1, 0.15) is 0 Å². The number of carbonyl (C=O) groups is 1. The highest BCUT2D eigenvalue weighted by Crippen LogP contribution is 2.15. The molecular formula is C18H30N2O. The van der Waals surface area contributed by atoms with E-state index in [0.717, 1.165) is 12.8 Å². The Hall–Kier alpha value is -1.35. The second-order valence-corrected chi connectivity index (χ2v) is 6.84. The molecule has 2 unspecified atom stereocenters. The number of benzene rings is 1. The number of carbonyl (C=O) groups excluding carboxylic acids is 1. The molecule has 0 saturated carbocycles. The van der Waals surface area contributed by atoms with Crippen molar-refractivity contribution in [3.8, 4) is 0 Å². The van der Waals surface area contributed by atoms with Crippen LogP contribution in [0.15, 0.2) is 24.3 Å². The van der Waals surface area contributed by atoms with Crippen molar-refractivity contribution in [3.63, 3.8) is 0 Å². The van der Waals surface area contributed by atoms with Crippen molar-refractivity contribution in [3.05, 3.63) is 35.4 Å². The first-order valence-corrected chi connectivity index (χ1v) is 7.90. The van der Waals surface area contributed by atoms with Crippen LogP contribution in [-0.4, -0.2) is 17.5 Å². The number of hydrogen-bond acceptors (Lipinski definition) is 2. The van der Waals surface area contributed by atoms with E-state index in [1.807, 2.05) is 27.7 Å². The zero-order chi connectivity index (χ0) is 16.0. The van der Waals surface area contributed by atoms with Gasteiger partial charge in [-0.2, -0.15) is 0 Å². The molecule has 2 atom stereocenters. The first-order chi connectivity index (χ1) is 9.73. The maximum Gasteiger partial charge on any atom is 0.237 e. The van der Waals surface area contributed by atoms with Crippen molar-refractivity contribution in [2.45, 2.75) is 72.0 Å². The molecule has 0 saturated heterocycles. The molecule has 1 amide bonds. The summed E-state index contributed by atoms with van der Waals surface area (Å²) in [5.74, 6) is 0.0388. The fourth-order valence-corrected chi connectivity index (χ4v) is 2.29. The SMILES string of the molecule is CCCc1ccc(C(C)NC(C)C(=O)NC(C)(C)C)cc1. The molecule has 0 aliphatic carbocycles. The van der Waals surface area contributed by atoms with E-state index in [-0.39, 0.29) is 23.5 Å². The third-order valence-corrected chi connectivity index (χ3v) is 3.41. The van der Waals surface area contributed by atoms with Gasteiger partial charge in [-0.1, -0.05) is 37.6 Å². The molecule has 21 heavy (non-hydrogen) atoms. The van der Waals surface area contributed by atoms with Crippen molar-refractivity contribution < 1.29 is 4.79 Å². The summed E-state index contributed by atoms with van der Waals surface area (Å²) in [5.41, 5.74) is 2.38. The average molecular weight is 290 g/mol. The molecule has 1 aromatic rings. The lowest BCUT2D eigenvalue weighted by Gasteiger charge is -2.25. The largest absolute Gasteiger partial charge is 0.350 e. The minimum atomic E-state index is -0.213. The summed E-state index contributed by atoms with van der Waals surface area (Å²) in [6.07, 6.45) is 2.28. The van der Waals surface area contributed by atoms with E-state index >= 15 is 0 Å². The maximum atomic E-state index is 12.1. The molecule has 2 N–H and O–H groups in total. The van der Waals surface area contributed by atoms with Crippen LogP contribution in [0.5, 0.6) is 0 Å². The second kappa shape index (κ2) is 7.60. The first kappa shape index (κ1) is 17.7. The Morgan fingerprint density at radius 3 is 2.19 bits per heavy atom. The van der Waals surface area contributed by atoms with Gasteiger partial charge in [0, 0.05) is 11.6 Å². The number of amides is 1. The molecule has 0 aromatic heterocycles. The van der Waals surface area contributed by atoms with E-state index in [1.165, 1.54) is 11.1 Å². The topological polar surface area (TPSA) is 41.1 Å². The van der Waals surface area contributed by atoms with Gasteiger partial charge < -0.3 is 5.32 Å². The molecular weight excluding hydrogens is 260 g/mol. The Kier molecular flexibility index (Phi) is 6.41. The third-order valence-electron chi connectivity index (χ3n) is 3.41. The molecule has 0 aliphatic rings. The number of rotatable bonds is 6. The summed E-state index contributed by atoms with van der Waals surface area (Å²) in [6.45, 7) is 12.2. The molecule has 1 rings (SSSR count). The Labute approximate surface area is 129 Å². The average Bonchev–Trinajstić information content (AvgIpc) is 2.37. The minimum absolute atomic E-state index is 0.0388. The fourth-order valence-electron chi connectivity index (χ4n) is 2.29. The molecule has 118 valence electrons. The molecule has 3 nitrogen and oxygen atoms in total. The van der Waals surface area contributed by atoms with Gasteiger partial charge in [-0.15, -0.1) is 0 Å². The number of nitrogens with one attached hydrogen (secondary N) is 2. The van der Waals surface area contributed by atoms with Crippen molar-refractivity contribution in [2.75, 3.05) is 0 Å². The molecule has 0 aliphatic heterocycles. The van der Waals surface area contributed by atoms with Crippen LogP contribution in [0.2, 0.25) is 0 Å². The summed E-state index contributed by atoms with van der Waals surface area (Å²) in [7, 11) is 0. The highest BCUT2D eigenvalue weighted by Gasteiger charge is 2.20. The van der Waals surface area contributed by atoms with Gasteiger partial charge >= 0.3 is 0 Å². The normalized spacial score (nSPS) is 14.6. The predicted octanol–water partition coefficient (Wildman–Crippen LogP) is 3.59. The van der Waals surface area contributed by atoms with Gasteiger partial charge in [0.15, 0.2) is 0 Å². The monoisotopic (exact) mass is 290 g/mol. The predicted molar refractivity (Wildman–Crippen MR) is 89.3 cm³/mol. The van der Waals surface area contributed by atoms with Crippen LogP contribution in [0.25, 0.3) is 0 Å². The molecule has 0 radical (unpaired) electrons. The lowest BCUT2D eigenvalue weighted by molar-refractivity contribution is -0.124. The highest BCUT2D eigenvalue weighted by molar-refractivity contribution is 5.81. The number of hydrogen-bond donors (Lipinski definition) is 2. The van der Waals surface area contributed by atoms with Crippen molar-refractivity contribution in [2.24, 2.45) is 0 Å². The van der Waals surface area contributed by atoms with Gasteiger partial charge in [0.2, 0.25) is 5.91 Å². The smallest absolute Gasteiger partial charge is 0.237 e. The zero-order valence-electron chi connectivity index (χ0n) is 14.3. The second-order valence-electron chi connectivity index (χ2n) is 6.84. The van der Waals surface area contributed by atoms with E-state index in [1.54, 1.807) is 0 Å². The van der Waals surface area contributed by atoms with Crippen LogP contribution in [0, 0.1) is 0 Å². The lowest BCUT2D eigenvalue weighted by atomic mass is 10.0. The molecule has 0 heterocycles. The summed E-state index contributed by atoms with van der Waals surface area (Å²) in [4.78, 5) is 12.1. The minimum Gasteiger partial charge on any atom is -0.350 e. The Bertz CT molecular complexity index is 445. The van der Waals surface area contributed by atoms with E-state index < -0.39 is 0 Å². The van der Waals surface area contributed by atoms with Crippen LogP contribution in [0.4, 0.5) is 0 Å². The van der Waals surface area contributed by atoms with Crippen LogP contribution < -0.4 is 10.6 Å². The Morgan fingerprint density at radius 1 is 1.14 bits per heavy atom. The van der Waals surface area contributed by atoms with Gasteiger partial charge in [-0.25, -0.2) is 0 Å². The van der Waals surface area contributed by atoms with Crippen molar-refractivity contribution >= 4 is 5.91 Å². The Balaban J connectivity index is 2.59. The van der Waals surface area contributed by atoms with E-state index in [4.69, 9.17) is 0 Å². The molecule has 0 fully saturated rings.